The van der Waals surface area contributed by atoms with Gasteiger partial charge in [-0.25, -0.2) is 4.79 Å². The van der Waals surface area contributed by atoms with Gasteiger partial charge < -0.3 is 25.0 Å². The average Bonchev–Trinajstić information content (AvgIpc) is 2.82. The van der Waals surface area contributed by atoms with Crippen LogP contribution in [0, 0.1) is 18.3 Å². The van der Waals surface area contributed by atoms with Crippen molar-refractivity contribution >= 4 is 23.9 Å². The number of amides is 3. The fraction of sp³-hybridized carbons (Fsp3) is 0.556. The lowest BCUT2D eigenvalue weighted by Gasteiger charge is -2.39. The fourth-order valence-electron chi connectivity index (χ4n) is 3.43. The zero-order valence-corrected chi connectivity index (χ0v) is 22.5. The number of alkyl carbamates (subject to hydrolysis) is 1. The minimum absolute atomic E-state index is 0.306. The molecule has 36 heavy (non-hydrogen) atoms. The van der Waals surface area contributed by atoms with Crippen LogP contribution < -0.4 is 10.6 Å². The van der Waals surface area contributed by atoms with Crippen molar-refractivity contribution in [3.63, 3.8) is 0 Å². The monoisotopic (exact) mass is 501 g/mol. The lowest BCUT2D eigenvalue weighted by Crippen LogP contribution is -2.57. The second-order valence-corrected chi connectivity index (χ2v) is 9.83. The molecule has 0 bridgehead atoms. The molecule has 2 N–H and O–H groups in total. The van der Waals surface area contributed by atoms with Crippen molar-refractivity contribution in [2.75, 3.05) is 13.7 Å². The van der Waals surface area contributed by atoms with Crippen LogP contribution in [0.4, 0.5) is 4.79 Å². The normalized spacial score (nSPS) is 13.6. The molecular weight excluding hydrogens is 462 g/mol. The number of esters is 1. The molecule has 0 saturated heterocycles. The standard InChI is InChI=1S/C27H39N3O6/c1-10-18(5)30(25(33)22(17(3)4)29-26(34)36-27(6,7)8)23(24(32)28-16-21(31)35-9)20-14-12-19(11-2)13-15-20/h2,12-15,17-18,22-23H,10,16H2,1,3-9H3,(H,28,32)(H,29,34). The molecule has 1 rings (SSSR count). The van der Waals surface area contributed by atoms with Crippen LogP contribution in [-0.4, -0.2) is 60.1 Å². The average molecular weight is 502 g/mol. The van der Waals surface area contributed by atoms with E-state index in [-0.39, 0.29) is 18.5 Å². The Morgan fingerprint density at radius 1 is 1.08 bits per heavy atom. The van der Waals surface area contributed by atoms with Gasteiger partial charge in [-0.15, -0.1) is 6.42 Å². The van der Waals surface area contributed by atoms with E-state index < -0.39 is 41.6 Å². The molecule has 0 saturated carbocycles. The van der Waals surface area contributed by atoms with Crippen molar-refractivity contribution in [3.8, 4) is 12.3 Å². The maximum absolute atomic E-state index is 14.0. The summed E-state index contributed by atoms with van der Waals surface area (Å²) in [6.45, 7) is 12.1. The highest BCUT2D eigenvalue weighted by Gasteiger charge is 2.39. The van der Waals surface area contributed by atoms with Gasteiger partial charge in [-0.1, -0.05) is 38.8 Å². The Hall–Kier alpha value is -3.54. The van der Waals surface area contributed by atoms with Crippen LogP contribution in [-0.2, 0) is 23.9 Å². The van der Waals surface area contributed by atoms with E-state index in [1.807, 2.05) is 13.8 Å². The number of nitrogens with zero attached hydrogens (tertiary/aromatic N) is 1. The van der Waals surface area contributed by atoms with Crippen LogP contribution in [0.2, 0.25) is 0 Å². The summed E-state index contributed by atoms with van der Waals surface area (Å²) in [5, 5.41) is 5.23. The van der Waals surface area contributed by atoms with Gasteiger partial charge in [-0.3, -0.25) is 14.4 Å². The molecule has 1 aromatic rings. The van der Waals surface area contributed by atoms with Crippen molar-refractivity contribution in [3.05, 3.63) is 35.4 Å². The molecule has 3 amide bonds. The number of ether oxygens (including phenoxy) is 2. The van der Waals surface area contributed by atoms with Gasteiger partial charge >= 0.3 is 12.1 Å². The van der Waals surface area contributed by atoms with Crippen LogP contribution in [0.3, 0.4) is 0 Å². The van der Waals surface area contributed by atoms with Gasteiger partial charge in [0.2, 0.25) is 11.8 Å². The van der Waals surface area contributed by atoms with Crippen LogP contribution in [0.15, 0.2) is 24.3 Å². The molecule has 9 nitrogen and oxygen atoms in total. The van der Waals surface area contributed by atoms with Crippen molar-refractivity contribution in [1.29, 1.82) is 0 Å². The van der Waals surface area contributed by atoms with E-state index in [4.69, 9.17) is 11.2 Å². The smallest absolute Gasteiger partial charge is 0.408 e. The molecule has 0 fully saturated rings. The molecule has 0 aliphatic rings. The molecule has 1 aromatic carbocycles. The Morgan fingerprint density at radius 3 is 2.11 bits per heavy atom. The topological polar surface area (TPSA) is 114 Å². The number of nitrogens with one attached hydrogen (secondary N) is 2. The molecule has 0 aliphatic carbocycles. The number of hydrogen-bond donors (Lipinski definition) is 2. The third-order valence-electron chi connectivity index (χ3n) is 5.48. The minimum atomic E-state index is -1.09. The molecule has 3 unspecified atom stereocenters. The Bertz CT molecular complexity index is 959. The molecule has 0 spiro atoms. The first kappa shape index (κ1) is 30.5. The van der Waals surface area contributed by atoms with E-state index in [0.29, 0.717) is 17.5 Å². The quantitative estimate of drug-likeness (QED) is 0.376. The fourth-order valence-corrected chi connectivity index (χ4v) is 3.43. The highest BCUT2D eigenvalue weighted by atomic mass is 16.6. The molecule has 0 radical (unpaired) electrons. The summed E-state index contributed by atoms with van der Waals surface area (Å²) in [6, 6.07) is 4.25. The molecule has 0 aliphatic heterocycles. The van der Waals surface area contributed by atoms with E-state index in [9.17, 15) is 19.2 Å². The third kappa shape index (κ3) is 8.91. The van der Waals surface area contributed by atoms with Crippen LogP contribution in [0.5, 0.6) is 0 Å². The SMILES string of the molecule is C#Cc1ccc(C(C(=O)NCC(=O)OC)N(C(=O)C(NC(=O)OC(C)(C)C)C(C)C)C(C)CC)cc1. The summed E-state index contributed by atoms with van der Waals surface area (Å²) >= 11 is 0. The number of rotatable bonds is 10. The van der Waals surface area contributed by atoms with E-state index in [1.54, 1.807) is 58.9 Å². The van der Waals surface area contributed by atoms with Crippen LogP contribution in [0.1, 0.15) is 72.1 Å². The number of carbonyl (C=O) groups excluding carboxylic acids is 4. The van der Waals surface area contributed by atoms with E-state index in [0.717, 1.165) is 0 Å². The lowest BCUT2D eigenvalue weighted by molar-refractivity contribution is -0.147. The molecule has 198 valence electrons. The number of benzene rings is 1. The third-order valence-corrected chi connectivity index (χ3v) is 5.48. The van der Waals surface area contributed by atoms with Crippen molar-refractivity contribution in [2.45, 2.75) is 78.6 Å². The largest absolute Gasteiger partial charge is 0.468 e. The summed E-state index contributed by atoms with van der Waals surface area (Å²) in [4.78, 5) is 53.1. The van der Waals surface area contributed by atoms with E-state index in [1.165, 1.54) is 12.0 Å². The second-order valence-electron chi connectivity index (χ2n) is 9.83. The van der Waals surface area contributed by atoms with E-state index >= 15 is 0 Å². The molecule has 3 atom stereocenters. The number of terminal acetylenes is 1. The van der Waals surface area contributed by atoms with E-state index in [2.05, 4.69) is 21.3 Å². The zero-order valence-electron chi connectivity index (χ0n) is 22.5. The molecule has 0 aromatic heterocycles. The predicted molar refractivity (Wildman–Crippen MR) is 137 cm³/mol. The summed E-state index contributed by atoms with van der Waals surface area (Å²) in [6.07, 6.45) is 5.28. The van der Waals surface area contributed by atoms with Gasteiger partial charge in [0.15, 0.2) is 0 Å². The molecular formula is C27H39N3O6. The van der Waals surface area contributed by atoms with Gasteiger partial charge in [0, 0.05) is 11.6 Å². The summed E-state index contributed by atoms with van der Waals surface area (Å²) < 4.78 is 9.99. The Kier molecular flexibility index (Phi) is 11.5. The van der Waals surface area contributed by atoms with Gasteiger partial charge in [-0.2, -0.15) is 0 Å². The lowest BCUT2D eigenvalue weighted by atomic mass is 9.96. The highest BCUT2D eigenvalue weighted by Crippen LogP contribution is 2.27. The van der Waals surface area contributed by atoms with Crippen LogP contribution >= 0.6 is 0 Å². The highest BCUT2D eigenvalue weighted by molar-refractivity contribution is 5.93. The van der Waals surface area contributed by atoms with Crippen molar-refractivity contribution in [1.82, 2.24) is 15.5 Å². The summed E-state index contributed by atoms with van der Waals surface area (Å²) in [7, 11) is 1.22. The van der Waals surface area contributed by atoms with Gasteiger partial charge in [0.25, 0.3) is 0 Å². The van der Waals surface area contributed by atoms with Gasteiger partial charge in [-0.05, 0) is 57.7 Å². The Balaban J connectivity index is 3.52. The van der Waals surface area contributed by atoms with Crippen molar-refractivity contribution in [2.24, 2.45) is 5.92 Å². The van der Waals surface area contributed by atoms with Gasteiger partial charge in [0.1, 0.15) is 24.2 Å². The number of carbonyl (C=O) groups is 4. The second kappa shape index (κ2) is 13.5. The Morgan fingerprint density at radius 2 is 1.67 bits per heavy atom. The molecule has 9 heteroatoms. The maximum Gasteiger partial charge on any atom is 0.408 e. The minimum Gasteiger partial charge on any atom is -0.468 e. The maximum atomic E-state index is 14.0. The number of hydrogen-bond acceptors (Lipinski definition) is 6. The first-order valence-corrected chi connectivity index (χ1v) is 12.0. The molecule has 0 heterocycles. The van der Waals surface area contributed by atoms with Gasteiger partial charge in [0.05, 0.1) is 7.11 Å². The van der Waals surface area contributed by atoms with Crippen LogP contribution in [0.25, 0.3) is 0 Å². The predicted octanol–water partition coefficient (Wildman–Crippen LogP) is 3.17. The zero-order chi connectivity index (χ0) is 27.6. The number of methoxy groups -OCH3 is 1. The summed E-state index contributed by atoms with van der Waals surface area (Å²) in [5.41, 5.74) is 0.366. The first-order chi connectivity index (χ1) is 16.7. The first-order valence-electron chi connectivity index (χ1n) is 12.0. The Labute approximate surface area is 214 Å². The summed E-state index contributed by atoms with van der Waals surface area (Å²) in [5.74, 6) is 0.571. The van der Waals surface area contributed by atoms with Crippen molar-refractivity contribution < 1.29 is 28.7 Å².